The smallest absolute Gasteiger partial charge is 0.307 e. The Bertz CT molecular complexity index is 498. The largest absolute Gasteiger partial charge is 0.484 e. The van der Waals surface area contributed by atoms with Crippen molar-refractivity contribution in [2.45, 2.75) is 46.1 Å². The lowest BCUT2D eigenvalue weighted by molar-refractivity contribution is -0.142. The monoisotopic (exact) mass is 321 g/mol. The number of carbonyl (C=O) groups excluding carboxylic acids is 2. The van der Waals surface area contributed by atoms with Gasteiger partial charge in [-0.3, -0.25) is 9.59 Å². The summed E-state index contributed by atoms with van der Waals surface area (Å²) in [6, 6.07) is 7.77. The van der Waals surface area contributed by atoms with Crippen molar-refractivity contribution < 1.29 is 19.1 Å². The quantitative estimate of drug-likeness (QED) is 0.656. The molecule has 1 aromatic rings. The van der Waals surface area contributed by atoms with Gasteiger partial charge in [-0.15, -0.1) is 0 Å². The number of benzene rings is 1. The number of rotatable bonds is 9. The predicted octanol–water partition coefficient (Wildman–Crippen LogP) is 2.82. The van der Waals surface area contributed by atoms with Crippen LogP contribution in [0.25, 0.3) is 0 Å². The Labute approximate surface area is 138 Å². The molecule has 0 fully saturated rings. The molecule has 0 spiro atoms. The Kier molecular flexibility index (Phi) is 8.16. The summed E-state index contributed by atoms with van der Waals surface area (Å²) in [5.74, 6) is 0.234. The van der Waals surface area contributed by atoms with Crippen LogP contribution in [-0.4, -0.2) is 43.1 Å². The molecule has 0 bridgehead atoms. The number of esters is 1. The number of amides is 1. The van der Waals surface area contributed by atoms with Crippen LogP contribution in [-0.2, 0) is 20.7 Å². The Morgan fingerprint density at radius 3 is 2.35 bits per heavy atom. The van der Waals surface area contributed by atoms with Crippen molar-refractivity contribution in [3.05, 3.63) is 29.8 Å². The van der Waals surface area contributed by atoms with Gasteiger partial charge in [0.1, 0.15) is 5.75 Å². The highest BCUT2D eigenvalue weighted by Crippen LogP contribution is 2.13. The standard InChI is InChI=1S/C18H27NO4/c1-5-14(3)19(12-11-18(21)22-4)17(20)13-23-16-9-7-15(6-2)8-10-16/h7-10,14H,5-6,11-13H2,1-4H3. The van der Waals surface area contributed by atoms with Crippen LogP contribution in [0.2, 0.25) is 0 Å². The van der Waals surface area contributed by atoms with Gasteiger partial charge in [0, 0.05) is 12.6 Å². The number of aryl methyl sites for hydroxylation is 1. The highest BCUT2D eigenvalue weighted by atomic mass is 16.5. The van der Waals surface area contributed by atoms with Gasteiger partial charge in [-0.2, -0.15) is 0 Å². The summed E-state index contributed by atoms with van der Waals surface area (Å²) in [5.41, 5.74) is 1.22. The fraction of sp³-hybridized carbons (Fsp3) is 0.556. The van der Waals surface area contributed by atoms with Gasteiger partial charge >= 0.3 is 5.97 Å². The average molecular weight is 321 g/mol. The molecule has 5 heteroatoms. The predicted molar refractivity (Wildman–Crippen MR) is 89.4 cm³/mol. The van der Waals surface area contributed by atoms with E-state index in [-0.39, 0.29) is 30.9 Å². The molecule has 0 N–H and O–H groups in total. The van der Waals surface area contributed by atoms with Gasteiger partial charge in [-0.05, 0) is 37.5 Å². The Hall–Kier alpha value is -2.04. The minimum absolute atomic E-state index is 0.0308. The third-order valence-corrected chi connectivity index (χ3v) is 3.92. The SMILES string of the molecule is CCc1ccc(OCC(=O)N(CCC(=O)OC)C(C)CC)cc1. The van der Waals surface area contributed by atoms with E-state index in [0.29, 0.717) is 12.3 Å². The minimum Gasteiger partial charge on any atom is -0.484 e. The number of methoxy groups -OCH3 is 1. The van der Waals surface area contributed by atoms with Crippen LogP contribution in [0.5, 0.6) is 5.75 Å². The van der Waals surface area contributed by atoms with Crippen molar-refractivity contribution in [3.8, 4) is 5.75 Å². The molecule has 1 rings (SSSR count). The highest BCUT2D eigenvalue weighted by Gasteiger charge is 2.20. The zero-order chi connectivity index (χ0) is 17.2. The van der Waals surface area contributed by atoms with Crippen LogP contribution in [0.1, 0.15) is 39.2 Å². The van der Waals surface area contributed by atoms with E-state index < -0.39 is 0 Å². The van der Waals surface area contributed by atoms with E-state index in [0.717, 1.165) is 12.8 Å². The molecule has 1 amide bonds. The molecule has 0 aliphatic rings. The third kappa shape index (κ3) is 6.30. The van der Waals surface area contributed by atoms with Gasteiger partial charge in [-0.1, -0.05) is 26.0 Å². The molecule has 5 nitrogen and oxygen atoms in total. The number of hydrogen-bond donors (Lipinski definition) is 0. The van der Waals surface area contributed by atoms with Gasteiger partial charge < -0.3 is 14.4 Å². The molecule has 1 atom stereocenters. The maximum Gasteiger partial charge on any atom is 0.307 e. The summed E-state index contributed by atoms with van der Waals surface area (Å²) >= 11 is 0. The van der Waals surface area contributed by atoms with Gasteiger partial charge in [0.2, 0.25) is 0 Å². The van der Waals surface area contributed by atoms with Gasteiger partial charge in [0.05, 0.1) is 13.5 Å². The lowest BCUT2D eigenvalue weighted by atomic mass is 10.2. The molecule has 1 aromatic carbocycles. The summed E-state index contributed by atoms with van der Waals surface area (Å²) in [6.45, 7) is 6.37. The summed E-state index contributed by atoms with van der Waals surface area (Å²) in [5, 5.41) is 0. The summed E-state index contributed by atoms with van der Waals surface area (Å²) < 4.78 is 10.2. The molecule has 128 valence electrons. The second-order valence-electron chi connectivity index (χ2n) is 5.46. The molecule has 1 unspecified atom stereocenters. The molecular weight excluding hydrogens is 294 g/mol. The number of nitrogens with zero attached hydrogens (tertiary/aromatic N) is 1. The van der Waals surface area contributed by atoms with Gasteiger partial charge in [0.25, 0.3) is 5.91 Å². The summed E-state index contributed by atoms with van der Waals surface area (Å²) in [4.78, 5) is 25.4. The first-order valence-corrected chi connectivity index (χ1v) is 8.09. The van der Waals surface area contributed by atoms with Crippen LogP contribution in [0.15, 0.2) is 24.3 Å². The lowest BCUT2D eigenvalue weighted by Crippen LogP contribution is -2.42. The van der Waals surface area contributed by atoms with Crippen molar-refractivity contribution in [1.29, 1.82) is 0 Å². The van der Waals surface area contributed by atoms with E-state index in [1.165, 1.54) is 12.7 Å². The first kappa shape index (κ1) is 19.0. The van der Waals surface area contributed by atoms with E-state index >= 15 is 0 Å². The van der Waals surface area contributed by atoms with E-state index in [4.69, 9.17) is 4.74 Å². The molecule has 0 aliphatic heterocycles. The lowest BCUT2D eigenvalue weighted by Gasteiger charge is -2.28. The summed E-state index contributed by atoms with van der Waals surface area (Å²) in [6.07, 6.45) is 1.98. The van der Waals surface area contributed by atoms with Gasteiger partial charge in [-0.25, -0.2) is 0 Å². The Balaban J connectivity index is 2.59. The maximum absolute atomic E-state index is 12.4. The zero-order valence-electron chi connectivity index (χ0n) is 14.5. The second kappa shape index (κ2) is 9.87. The number of ether oxygens (including phenoxy) is 2. The number of hydrogen-bond acceptors (Lipinski definition) is 4. The Morgan fingerprint density at radius 1 is 1.17 bits per heavy atom. The summed E-state index contributed by atoms with van der Waals surface area (Å²) in [7, 11) is 1.35. The second-order valence-corrected chi connectivity index (χ2v) is 5.46. The fourth-order valence-corrected chi connectivity index (χ4v) is 2.17. The van der Waals surface area contributed by atoms with Crippen molar-refractivity contribution in [2.75, 3.05) is 20.3 Å². The topological polar surface area (TPSA) is 55.8 Å². The van der Waals surface area contributed by atoms with E-state index in [9.17, 15) is 9.59 Å². The van der Waals surface area contributed by atoms with Crippen molar-refractivity contribution in [1.82, 2.24) is 4.90 Å². The van der Waals surface area contributed by atoms with Crippen LogP contribution in [0.4, 0.5) is 0 Å². The fourth-order valence-electron chi connectivity index (χ4n) is 2.17. The number of carbonyl (C=O) groups is 2. The average Bonchev–Trinajstić information content (AvgIpc) is 2.59. The van der Waals surface area contributed by atoms with Crippen LogP contribution in [0.3, 0.4) is 0 Å². The maximum atomic E-state index is 12.4. The third-order valence-electron chi connectivity index (χ3n) is 3.92. The molecule has 0 heterocycles. The van der Waals surface area contributed by atoms with Crippen LogP contribution in [0, 0.1) is 0 Å². The molecule has 0 aliphatic carbocycles. The molecule has 0 aromatic heterocycles. The van der Waals surface area contributed by atoms with Crippen LogP contribution >= 0.6 is 0 Å². The molecule has 0 saturated carbocycles. The van der Waals surface area contributed by atoms with E-state index in [2.05, 4.69) is 11.7 Å². The van der Waals surface area contributed by atoms with E-state index in [1.807, 2.05) is 38.1 Å². The first-order chi connectivity index (χ1) is 11.0. The molecule has 0 saturated heterocycles. The minimum atomic E-state index is -0.317. The van der Waals surface area contributed by atoms with E-state index in [1.54, 1.807) is 4.90 Å². The molecule has 23 heavy (non-hydrogen) atoms. The van der Waals surface area contributed by atoms with Crippen molar-refractivity contribution >= 4 is 11.9 Å². The molecule has 0 radical (unpaired) electrons. The first-order valence-electron chi connectivity index (χ1n) is 8.09. The zero-order valence-corrected chi connectivity index (χ0v) is 14.5. The molecular formula is C18H27NO4. The van der Waals surface area contributed by atoms with Crippen molar-refractivity contribution in [3.63, 3.8) is 0 Å². The Morgan fingerprint density at radius 2 is 1.83 bits per heavy atom. The highest BCUT2D eigenvalue weighted by molar-refractivity contribution is 5.79. The van der Waals surface area contributed by atoms with Crippen LogP contribution < -0.4 is 4.74 Å². The normalized spacial score (nSPS) is 11.7. The van der Waals surface area contributed by atoms with Crippen molar-refractivity contribution in [2.24, 2.45) is 0 Å². The van der Waals surface area contributed by atoms with Gasteiger partial charge in [0.15, 0.2) is 6.61 Å².